The number of aldehydes is 1. The Bertz CT molecular complexity index is 338. The number of rotatable bonds is 5. The molecule has 0 fully saturated rings. The van der Waals surface area contributed by atoms with Crippen molar-refractivity contribution in [1.82, 2.24) is 0 Å². The van der Waals surface area contributed by atoms with Gasteiger partial charge in [0.1, 0.15) is 0 Å². The van der Waals surface area contributed by atoms with Crippen LogP contribution >= 0.6 is 15.9 Å². The molecule has 0 unspecified atom stereocenters. The van der Waals surface area contributed by atoms with Crippen LogP contribution < -0.4 is 4.90 Å². The molecule has 0 spiro atoms. The zero-order chi connectivity index (χ0) is 11.3. The van der Waals surface area contributed by atoms with E-state index in [1.54, 1.807) is 0 Å². The summed E-state index contributed by atoms with van der Waals surface area (Å²) in [5.41, 5.74) is 1.78. The van der Waals surface area contributed by atoms with Crippen molar-refractivity contribution in [3.8, 4) is 0 Å². The molecule has 0 aliphatic carbocycles. The zero-order valence-electron chi connectivity index (χ0n) is 9.16. The first-order chi connectivity index (χ1) is 7.22. The minimum atomic E-state index is 0.758. The normalized spacial score (nSPS) is 10.1. The van der Waals surface area contributed by atoms with Crippen LogP contribution in [0.5, 0.6) is 0 Å². The molecular formula is C12H16BrNO. The molecule has 0 aliphatic rings. The van der Waals surface area contributed by atoms with Crippen LogP contribution in [-0.4, -0.2) is 19.4 Å². The van der Waals surface area contributed by atoms with Crippen molar-refractivity contribution in [3.05, 3.63) is 28.2 Å². The Balaban J connectivity index is 3.07. The molecule has 3 heteroatoms. The first kappa shape index (κ1) is 12.2. The molecule has 0 radical (unpaired) electrons. The van der Waals surface area contributed by atoms with Gasteiger partial charge in [-0.15, -0.1) is 0 Å². The number of hydrogen-bond donors (Lipinski definition) is 0. The average Bonchev–Trinajstić information content (AvgIpc) is 2.26. The van der Waals surface area contributed by atoms with E-state index >= 15 is 0 Å². The number of hydrogen-bond acceptors (Lipinski definition) is 2. The standard InChI is InChI=1S/C12H16BrNO/c1-3-7-14(4-2)12-8-11(13)6-5-10(12)9-15/h5-6,8-9H,3-4,7H2,1-2H3. The summed E-state index contributed by atoms with van der Waals surface area (Å²) in [6.07, 6.45) is 2.00. The fourth-order valence-electron chi connectivity index (χ4n) is 1.61. The maximum absolute atomic E-state index is 10.9. The number of nitrogens with zero attached hydrogens (tertiary/aromatic N) is 1. The van der Waals surface area contributed by atoms with Crippen molar-refractivity contribution in [2.24, 2.45) is 0 Å². The van der Waals surface area contributed by atoms with E-state index in [4.69, 9.17) is 0 Å². The van der Waals surface area contributed by atoms with Gasteiger partial charge >= 0.3 is 0 Å². The van der Waals surface area contributed by atoms with Gasteiger partial charge in [0, 0.05) is 28.8 Å². The number of anilines is 1. The van der Waals surface area contributed by atoms with E-state index < -0.39 is 0 Å². The van der Waals surface area contributed by atoms with Crippen LogP contribution in [0.15, 0.2) is 22.7 Å². The van der Waals surface area contributed by atoms with E-state index in [-0.39, 0.29) is 0 Å². The molecule has 0 heterocycles. The molecule has 0 atom stereocenters. The van der Waals surface area contributed by atoms with Crippen molar-refractivity contribution in [2.45, 2.75) is 20.3 Å². The molecule has 1 aromatic rings. The third-order valence-electron chi connectivity index (χ3n) is 2.34. The van der Waals surface area contributed by atoms with Crippen molar-refractivity contribution in [1.29, 1.82) is 0 Å². The van der Waals surface area contributed by atoms with Gasteiger partial charge in [-0.3, -0.25) is 4.79 Å². The van der Waals surface area contributed by atoms with E-state index in [0.29, 0.717) is 0 Å². The number of carbonyl (C=O) groups is 1. The van der Waals surface area contributed by atoms with Gasteiger partial charge in [-0.1, -0.05) is 22.9 Å². The minimum Gasteiger partial charge on any atom is -0.371 e. The zero-order valence-corrected chi connectivity index (χ0v) is 10.8. The molecule has 0 saturated heterocycles. The summed E-state index contributed by atoms with van der Waals surface area (Å²) < 4.78 is 1.01. The molecule has 15 heavy (non-hydrogen) atoms. The third-order valence-corrected chi connectivity index (χ3v) is 2.83. The van der Waals surface area contributed by atoms with Crippen LogP contribution in [0.3, 0.4) is 0 Å². The quantitative estimate of drug-likeness (QED) is 0.763. The Kier molecular flexibility index (Phi) is 4.82. The van der Waals surface area contributed by atoms with Gasteiger partial charge in [-0.05, 0) is 31.5 Å². The third kappa shape index (κ3) is 3.06. The van der Waals surface area contributed by atoms with E-state index in [2.05, 4.69) is 34.7 Å². The summed E-state index contributed by atoms with van der Waals surface area (Å²) in [4.78, 5) is 13.1. The molecule has 0 bridgehead atoms. The van der Waals surface area contributed by atoms with Crippen LogP contribution in [0, 0.1) is 0 Å². The Hall–Kier alpha value is -0.830. The van der Waals surface area contributed by atoms with Crippen molar-refractivity contribution in [3.63, 3.8) is 0 Å². The van der Waals surface area contributed by atoms with Gasteiger partial charge in [-0.25, -0.2) is 0 Å². The highest BCUT2D eigenvalue weighted by Gasteiger charge is 2.08. The maximum Gasteiger partial charge on any atom is 0.152 e. The highest BCUT2D eigenvalue weighted by atomic mass is 79.9. The van der Waals surface area contributed by atoms with Gasteiger partial charge in [0.2, 0.25) is 0 Å². The van der Waals surface area contributed by atoms with Gasteiger partial charge < -0.3 is 4.90 Å². The lowest BCUT2D eigenvalue weighted by molar-refractivity contribution is 0.112. The van der Waals surface area contributed by atoms with Crippen LogP contribution in [0.4, 0.5) is 5.69 Å². The van der Waals surface area contributed by atoms with E-state index in [1.165, 1.54) is 0 Å². The van der Waals surface area contributed by atoms with Crippen molar-refractivity contribution in [2.75, 3.05) is 18.0 Å². The summed E-state index contributed by atoms with van der Waals surface area (Å²) in [7, 11) is 0. The number of benzene rings is 1. The Morgan fingerprint density at radius 2 is 2.13 bits per heavy atom. The molecule has 0 aromatic heterocycles. The lowest BCUT2D eigenvalue weighted by atomic mass is 10.1. The highest BCUT2D eigenvalue weighted by Crippen LogP contribution is 2.24. The second-order valence-corrected chi connectivity index (χ2v) is 4.32. The smallest absolute Gasteiger partial charge is 0.152 e. The summed E-state index contributed by atoms with van der Waals surface area (Å²) in [6, 6.07) is 5.75. The fourth-order valence-corrected chi connectivity index (χ4v) is 1.96. The molecule has 82 valence electrons. The maximum atomic E-state index is 10.9. The number of halogens is 1. The molecular weight excluding hydrogens is 254 g/mol. The molecule has 1 rings (SSSR count). The second kappa shape index (κ2) is 5.91. The van der Waals surface area contributed by atoms with E-state index in [0.717, 1.165) is 41.5 Å². The van der Waals surface area contributed by atoms with Gasteiger partial charge in [0.25, 0.3) is 0 Å². The van der Waals surface area contributed by atoms with Gasteiger partial charge in [0.05, 0.1) is 0 Å². The highest BCUT2D eigenvalue weighted by molar-refractivity contribution is 9.10. The fraction of sp³-hybridized carbons (Fsp3) is 0.417. The molecule has 0 N–H and O–H groups in total. The van der Waals surface area contributed by atoms with Crippen LogP contribution in [0.25, 0.3) is 0 Å². The van der Waals surface area contributed by atoms with Crippen molar-refractivity contribution >= 4 is 27.9 Å². The molecule has 0 saturated carbocycles. The first-order valence-corrected chi connectivity index (χ1v) is 6.01. The van der Waals surface area contributed by atoms with E-state index in [1.807, 2.05) is 18.2 Å². The van der Waals surface area contributed by atoms with Gasteiger partial charge in [0.15, 0.2) is 6.29 Å². The Morgan fingerprint density at radius 1 is 1.40 bits per heavy atom. The molecule has 0 aliphatic heterocycles. The summed E-state index contributed by atoms with van der Waals surface area (Å²) in [6.45, 7) is 6.14. The SMILES string of the molecule is CCCN(CC)c1cc(Br)ccc1C=O. The van der Waals surface area contributed by atoms with E-state index in [9.17, 15) is 4.79 Å². The predicted octanol–water partition coefficient (Wildman–Crippen LogP) is 3.50. The summed E-state index contributed by atoms with van der Waals surface area (Å²) >= 11 is 3.43. The van der Waals surface area contributed by atoms with Crippen LogP contribution in [0.1, 0.15) is 30.6 Å². The van der Waals surface area contributed by atoms with Crippen LogP contribution in [0.2, 0.25) is 0 Å². The largest absolute Gasteiger partial charge is 0.371 e. The van der Waals surface area contributed by atoms with Gasteiger partial charge in [-0.2, -0.15) is 0 Å². The monoisotopic (exact) mass is 269 g/mol. The van der Waals surface area contributed by atoms with Crippen molar-refractivity contribution < 1.29 is 4.79 Å². The predicted molar refractivity (Wildman–Crippen MR) is 67.7 cm³/mol. The molecule has 2 nitrogen and oxygen atoms in total. The first-order valence-electron chi connectivity index (χ1n) is 5.22. The summed E-state index contributed by atoms with van der Waals surface area (Å²) in [5.74, 6) is 0. The average molecular weight is 270 g/mol. The minimum absolute atomic E-state index is 0.758. The number of carbonyl (C=O) groups excluding carboxylic acids is 1. The molecule has 1 aromatic carbocycles. The van der Waals surface area contributed by atoms with Crippen LogP contribution in [-0.2, 0) is 0 Å². The Labute approximate surface area is 99.4 Å². The lowest BCUT2D eigenvalue weighted by Crippen LogP contribution is -2.24. The molecule has 0 amide bonds. The lowest BCUT2D eigenvalue weighted by Gasteiger charge is -2.24. The summed E-state index contributed by atoms with van der Waals surface area (Å²) in [5, 5.41) is 0. The second-order valence-electron chi connectivity index (χ2n) is 3.40. The Morgan fingerprint density at radius 3 is 2.67 bits per heavy atom. The topological polar surface area (TPSA) is 20.3 Å².